The van der Waals surface area contributed by atoms with Crippen molar-refractivity contribution in [3.63, 3.8) is 0 Å². The van der Waals surface area contributed by atoms with Crippen molar-refractivity contribution in [2.24, 2.45) is 0 Å². The van der Waals surface area contributed by atoms with Crippen LogP contribution in [0.5, 0.6) is 0 Å². The van der Waals surface area contributed by atoms with Crippen LogP contribution in [-0.2, 0) is 34.0 Å². The summed E-state index contributed by atoms with van der Waals surface area (Å²) in [6.07, 6.45) is -3.40. The molecule has 0 saturated heterocycles. The molecule has 5 atom stereocenters. The van der Waals surface area contributed by atoms with E-state index in [0.29, 0.717) is 19.8 Å². The standard InChI is InChI=1S/C27H30O5/c28-23-16-24(30-17-20-10-4-1-5-11-20)26(31-18-21-12-6-2-7-13-21)27(25(23)29)32-19-22-14-8-3-9-15-22/h1-15,23-29H,16-19H2/t23-,24+,25-,26-,27-/m1/s1. The third kappa shape index (κ3) is 6.03. The van der Waals surface area contributed by atoms with Crippen molar-refractivity contribution in [1.82, 2.24) is 0 Å². The van der Waals surface area contributed by atoms with Gasteiger partial charge in [-0.1, -0.05) is 91.0 Å². The highest BCUT2D eigenvalue weighted by atomic mass is 16.6. The Morgan fingerprint density at radius 2 is 0.969 bits per heavy atom. The lowest BCUT2D eigenvalue weighted by Gasteiger charge is -2.42. The molecule has 4 rings (SSSR count). The molecule has 0 aliphatic heterocycles. The Hall–Kier alpha value is -2.54. The first-order valence-electron chi connectivity index (χ1n) is 11.0. The summed E-state index contributed by atoms with van der Waals surface area (Å²) in [4.78, 5) is 0. The monoisotopic (exact) mass is 434 g/mol. The first-order chi connectivity index (χ1) is 15.7. The lowest BCUT2D eigenvalue weighted by atomic mass is 9.86. The van der Waals surface area contributed by atoms with Crippen molar-refractivity contribution in [3.8, 4) is 0 Å². The Morgan fingerprint density at radius 1 is 0.562 bits per heavy atom. The van der Waals surface area contributed by atoms with E-state index < -0.39 is 30.5 Å². The summed E-state index contributed by atoms with van der Waals surface area (Å²) in [5.74, 6) is 0. The van der Waals surface area contributed by atoms with E-state index in [1.165, 1.54) is 0 Å². The molecule has 3 aromatic carbocycles. The maximum absolute atomic E-state index is 10.8. The minimum absolute atomic E-state index is 0.276. The predicted octanol–water partition coefficient (Wildman–Crippen LogP) is 3.87. The summed E-state index contributed by atoms with van der Waals surface area (Å²) < 4.78 is 18.6. The number of hydrogen-bond acceptors (Lipinski definition) is 5. The van der Waals surface area contributed by atoms with Gasteiger partial charge in [-0.05, 0) is 16.7 Å². The molecule has 1 aliphatic rings. The molecule has 0 radical (unpaired) electrons. The van der Waals surface area contributed by atoms with Crippen LogP contribution in [-0.4, -0.2) is 40.7 Å². The lowest BCUT2D eigenvalue weighted by Crippen LogP contribution is -2.58. The van der Waals surface area contributed by atoms with E-state index in [1.54, 1.807) is 0 Å². The Morgan fingerprint density at radius 3 is 1.44 bits per heavy atom. The summed E-state index contributed by atoms with van der Waals surface area (Å²) in [7, 11) is 0. The average molecular weight is 435 g/mol. The maximum Gasteiger partial charge on any atom is 0.115 e. The number of benzene rings is 3. The molecule has 1 aliphatic carbocycles. The Labute approximate surface area is 189 Å². The fourth-order valence-corrected chi connectivity index (χ4v) is 4.01. The average Bonchev–Trinajstić information content (AvgIpc) is 2.85. The molecule has 1 fully saturated rings. The Kier molecular flexibility index (Phi) is 8.04. The van der Waals surface area contributed by atoms with Gasteiger partial charge in [0, 0.05) is 6.42 Å². The summed E-state index contributed by atoms with van der Waals surface area (Å²) in [6.45, 7) is 1.07. The van der Waals surface area contributed by atoms with Gasteiger partial charge in [0.25, 0.3) is 0 Å². The van der Waals surface area contributed by atoms with E-state index in [1.807, 2.05) is 91.0 Å². The van der Waals surface area contributed by atoms with E-state index in [-0.39, 0.29) is 6.42 Å². The molecule has 5 heteroatoms. The molecule has 32 heavy (non-hydrogen) atoms. The Balaban J connectivity index is 1.50. The van der Waals surface area contributed by atoms with Crippen LogP contribution >= 0.6 is 0 Å². The van der Waals surface area contributed by atoms with Gasteiger partial charge in [0.05, 0.1) is 32.0 Å². The van der Waals surface area contributed by atoms with Gasteiger partial charge in [-0.3, -0.25) is 0 Å². The van der Waals surface area contributed by atoms with Gasteiger partial charge in [-0.2, -0.15) is 0 Å². The Bertz CT molecular complexity index is 919. The smallest absolute Gasteiger partial charge is 0.115 e. The van der Waals surface area contributed by atoms with Gasteiger partial charge < -0.3 is 24.4 Å². The molecule has 2 N–H and O–H groups in total. The second-order valence-corrected chi connectivity index (χ2v) is 8.15. The lowest BCUT2D eigenvalue weighted by molar-refractivity contribution is -0.228. The molecule has 0 bridgehead atoms. The molecule has 168 valence electrons. The van der Waals surface area contributed by atoms with Crippen molar-refractivity contribution in [3.05, 3.63) is 108 Å². The summed E-state index contributed by atoms with van der Waals surface area (Å²) in [5, 5.41) is 21.3. The summed E-state index contributed by atoms with van der Waals surface area (Å²) in [6, 6.07) is 29.5. The normalized spacial score (nSPS) is 25.5. The fraction of sp³-hybridized carbons (Fsp3) is 0.333. The first-order valence-corrected chi connectivity index (χ1v) is 11.0. The minimum Gasteiger partial charge on any atom is -0.390 e. The minimum atomic E-state index is -1.06. The third-order valence-electron chi connectivity index (χ3n) is 5.77. The number of aliphatic hydroxyl groups excluding tert-OH is 2. The number of ether oxygens (including phenoxy) is 3. The topological polar surface area (TPSA) is 68.2 Å². The van der Waals surface area contributed by atoms with E-state index in [2.05, 4.69) is 0 Å². The third-order valence-corrected chi connectivity index (χ3v) is 5.77. The van der Waals surface area contributed by atoms with Crippen LogP contribution < -0.4 is 0 Å². The van der Waals surface area contributed by atoms with Gasteiger partial charge in [-0.25, -0.2) is 0 Å². The SMILES string of the molecule is O[C@H]1[C@@H](OCc2ccccc2)[C@H](OCc2ccccc2)[C@@H](OCc2ccccc2)C[C@H]1O. The predicted molar refractivity (Wildman–Crippen MR) is 122 cm³/mol. The molecule has 3 aromatic rings. The molecular formula is C27H30O5. The number of aliphatic hydroxyl groups is 2. The van der Waals surface area contributed by atoms with E-state index in [9.17, 15) is 10.2 Å². The first kappa shape index (κ1) is 22.6. The molecular weight excluding hydrogens is 404 g/mol. The number of hydrogen-bond donors (Lipinski definition) is 2. The summed E-state index contributed by atoms with van der Waals surface area (Å²) >= 11 is 0. The fourth-order valence-electron chi connectivity index (χ4n) is 4.01. The zero-order valence-corrected chi connectivity index (χ0v) is 18.0. The molecule has 0 amide bonds. The van der Waals surface area contributed by atoms with Crippen molar-refractivity contribution >= 4 is 0 Å². The molecule has 5 nitrogen and oxygen atoms in total. The molecule has 1 saturated carbocycles. The highest BCUT2D eigenvalue weighted by Crippen LogP contribution is 2.30. The largest absolute Gasteiger partial charge is 0.390 e. The molecule has 0 unspecified atom stereocenters. The van der Waals surface area contributed by atoms with E-state index >= 15 is 0 Å². The van der Waals surface area contributed by atoms with E-state index in [4.69, 9.17) is 14.2 Å². The zero-order valence-electron chi connectivity index (χ0n) is 18.0. The highest BCUT2D eigenvalue weighted by molar-refractivity contribution is 5.15. The van der Waals surface area contributed by atoms with Crippen LogP contribution in [0.4, 0.5) is 0 Å². The van der Waals surface area contributed by atoms with Gasteiger partial charge in [0.2, 0.25) is 0 Å². The van der Waals surface area contributed by atoms with Crippen LogP contribution in [0.15, 0.2) is 91.0 Å². The quantitative estimate of drug-likeness (QED) is 0.535. The van der Waals surface area contributed by atoms with Gasteiger partial charge in [0.15, 0.2) is 0 Å². The van der Waals surface area contributed by atoms with Crippen LogP contribution in [0, 0.1) is 0 Å². The second kappa shape index (κ2) is 11.4. The molecule has 0 heterocycles. The van der Waals surface area contributed by atoms with Crippen LogP contribution in [0.25, 0.3) is 0 Å². The van der Waals surface area contributed by atoms with Gasteiger partial charge >= 0.3 is 0 Å². The second-order valence-electron chi connectivity index (χ2n) is 8.15. The van der Waals surface area contributed by atoms with Crippen molar-refractivity contribution in [2.45, 2.75) is 56.8 Å². The maximum atomic E-state index is 10.8. The zero-order chi connectivity index (χ0) is 22.2. The highest BCUT2D eigenvalue weighted by Gasteiger charge is 2.46. The van der Waals surface area contributed by atoms with Crippen LogP contribution in [0.3, 0.4) is 0 Å². The van der Waals surface area contributed by atoms with Gasteiger partial charge in [-0.15, -0.1) is 0 Å². The molecule has 0 spiro atoms. The van der Waals surface area contributed by atoms with Crippen LogP contribution in [0.1, 0.15) is 23.1 Å². The van der Waals surface area contributed by atoms with Gasteiger partial charge in [0.1, 0.15) is 18.3 Å². The van der Waals surface area contributed by atoms with Crippen molar-refractivity contribution in [1.29, 1.82) is 0 Å². The van der Waals surface area contributed by atoms with Crippen molar-refractivity contribution < 1.29 is 24.4 Å². The summed E-state index contributed by atoms with van der Waals surface area (Å²) in [5.41, 5.74) is 3.05. The van der Waals surface area contributed by atoms with E-state index in [0.717, 1.165) is 16.7 Å². The van der Waals surface area contributed by atoms with Crippen LogP contribution in [0.2, 0.25) is 0 Å². The van der Waals surface area contributed by atoms with Crippen molar-refractivity contribution in [2.75, 3.05) is 0 Å². The number of rotatable bonds is 9. The molecule has 0 aromatic heterocycles.